The first-order valence-corrected chi connectivity index (χ1v) is 7.36. The monoisotopic (exact) mass is 333 g/mol. The Labute approximate surface area is 132 Å². The maximum Gasteiger partial charge on any atom is 0.294 e. The average Bonchev–Trinajstić information content (AvgIpc) is 2.48. The number of methoxy groups -OCH3 is 1. The lowest BCUT2D eigenvalue weighted by Gasteiger charge is -2.39. The molecule has 6 nitrogen and oxygen atoms in total. The Kier molecular flexibility index (Phi) is 5.27. The van der Waals surface area contributed by atoms with Crippen LogP contribution in [-0.2, 0) is 4.74 Å². The molecule has 0 spiro atoms. The lowest BCUT2D eigenvalue weighted by Crippen LogP contribution is -2.48. The van der Waals surface area contributed by atoms with E-state index >= 15 is 0 Å². The van der Waals surface area contributed by atoms with Gasteiger partial charge in [0.15, 0.2) is 0 Å². The van der Waals surface area contributed by atoms with Crippen LogP contribution in [0.3, 0.4) is 0 Å². The summed E-state index contributed by atoms with van der Waals surface area (Å²) in [5.74, 6) is 0. The van der Waals surface area contributed by atoms with Crippen LogP contribution in [0.1, 0.15) is 12.8 Å². The van der Waals surface area contributed by atoms with Crippen LogP contribution in [0, 0.1) is 10.1 Å². The largest absolute Gasteiger partial charge is 0.381 e. The Balaban J connectivity index is 2.40. The van der Waals surface area contributed by atoms with Crippen molar-refractivity contribution in [3.05, 3.63) is 32.3 Å². The number of nitro groups is 1. The van der Waals surface area contributed by atoms with E-state index in [0.717, 1.165) is 12.8 Å². The molecule has 2 atom stereocenters. The standard InChI is InChI=1S/C13H17Cl2N3O3/c1-21-9-2-3-17(8(4-9)7-16)12-5-10(14)11(15)6-13(12)18(19)20/h5-6,8-9H,2-4,7,16H2,1H3. The molecule has 1 saturated heterocycles. The van der Waals surface area contributed by atoms with Gasteiger partial charge in [0.1, 0.15) is 5.69 Å². The van der Waals surface area contributed by atoms with Gasteiger partial charge in [0.05, 0.1) is 21.1 Å². The summed E-state index contributed by atoms with van der Waals surface area (Å²) >= 11 is 11.9. The Bertz CT molecular complexity index is 542. The van der Waals surface area contributed by atoms with Crippen molar-refractivity contribution in [3.8, 4) is 0 Å². The second kappa shape index (κ2) is 6.79. The zero-order chi connectivity index (χ0) is 15.6. The minimum atomic E-state index is -0.451. The Morgan fingerprint density at radius 3 is 2.71 bits per heavy atom. The maximum atomic E-state index is 11.3. The quantitative estimate of drug-likeness (QED) is 0.676. The Morgan fingerprint density at radius 2 is 2.14 bits per heavy atom. The van der Waals surface area contributed by atoms with Gasteiger partial charge >= 0.3 is 0 Å². The molecule has 0 aromatic heterocycles. The molecule has 0 radical (unpaired) electrons. The molecule has 0 bridgehead atoms. The van der Waals surface area contributed by atoms with Crippen molar-refractivity contribution in [2.24, 2.45) is 5.73 Å². The van der Waals surface area contributed by atoms with E-state index in [0.29, 0.717) is 23.8 Å². The van der Waals surface area contributed by atoms with E-state index in [1.165, 1.54) is 12.1 Å². The van der Waals surface area contributed by atoms with Crippen LogP contribution in [0.2, 0.25) is 10.0 Å². The predicted molar refractivity (Wildman–Crippen MR) is 83.3 cm³/mol. The predicted octanol–water partition coefficient (Wildman–Crippen LogP) is 2.84. The number of nitrogens with two attached hydrogens (primary N) is 1. The van der Waals surface area contributed by atoms with Crippen LogP contribution < -0.4 is 10.6 Å². The van der Waals surface area contributed by atoms with E-state index in [1.54, 1.807) is 7.11 Å². The topological polar surface area (TPSA) is 81.6 Å². The molecule has 1 aromatic carbocycles. The number of rotatable bonds is 4. The number of piperidine rings is 1. The first-order valence-electron chi connectivity index (χ1n) is 6.60. The molecule has 1 aliphatic rings. The van der Waals surface area contributed by atoms with Gasteiger partial charge in [-0.2, -0.15) is 0 Å². The first-order chi connectivity index (χ1) is 9.97. The summed E-state index contributed by atoms with van der Waals surface area (Å²) in [6.07, 6.45) is 1.63. The molecule has 2 rings (SSSR count). The van der Waals surface area contributed by atoms with E-state index in [1.807, 2.05) is 4.90 Å². The van der Waals surface area contributed by atoms with E-state index in [-0.39, 0.29) is 22.9 Å². The van der Waals surface area contributed by atoms with Gasteiger partial charge in [0.2, 0.25) is 0 Å². The maximum absolute atomic E-state index is 11.3. The minimum absolute atomic E-state index is 0.0281. The average molecular weight is 334 g/mol. The van der Waals surface area contributed by atoms with Crippen molar-refractivity contribution < 1.29 is 9.66 Å². The number of nitro benzene ring substituents is 1. The van der Waals surface area contributed by atoms with Gasteiger partial charge in [-0.25, -0.2) is 0 Å². The van der Waals surface area contributed by atoms with Gasteiger partial charge in [-0.1, -0.05) is 23.2 Å². The van der Waals surface area contributed by atoms with E-state index in [9.17, 15) is 10.1 Å². The summed E-state index contributed by atoms with van der Waals surface area (Å²) in [6, 6.07) is 2.80. The number of anilines is 1. The third-order valence-corrected chi connectivity index (χ3v) is 4.52. The summed E-state index contributed by atoms with van der Waals surface area (Å²) in [7, 11) is 1.66. The summed E-state index contributed by atoms with van der Waals surface area (Å²) < 4.78 is 5.36. The molecule has 0 amide bonds. The van der Waals surface area contributed by atoms with Gasteiger partial charge in [-0.15, -0.1) is 0 Å². The fraction of sp³-hybridized carbons (Fsp3) is 0.538. The number of hydrogen-bond acceptors (Lipinski definition) is 5. The molecule has 116 valence electrons. The van der Waals surface area contributed by atoms with Crippen LogP contribution in [0.15, 0.2) is 12.1 Å². The third kappa shape index (κ3) is 3.40. The molecular weight excluding hydrogens is 317 g/mol. The molecule has 1 aliphatic heterocycles. The Hall–Kier alpha value is -1.08. The fourth-order valence-electron chi connectivity index (χ4n) is 2.67. The first kappa shape index (κ1) is 16.3. The molecule has 8 heteroatoms. The van der Waals surface area contributed by atoms with E-state index in [4.69, 9.17) is 33.7 Å². The van der Waals surface area contributed by atoms with E-state index in [2.05, 4.69) is 0 Å². The molecule has 0 aliphatic carbocycles. The summed E-state index contributed by atoms with van der Waals surface area (Å²) in [5, 5.41) is 11.7. The van der Waals surface area contributed by atoms with Crippen LogP contribution >= 0.6 is 23.2 Å². The third-order valence-electron chi connectivity index (χ3n) is 3.80. The number of hydrogen-bond donors (Lipinski definition) is 1. The highest BCUT2D eigenvalue weighted by Crippen LogP contribution is 2.38. The van der Waals surface area contributed by atoms with Crippen LogP contribution in [0.4, 0.5) is 11.4 Å². The van der Waals surface area contributed by atoms with Crippen molar-refractivity contribution in [1.29, 1.82) is 0 Å². The van der Waals surface area contributed by atoms with Crippen LogP contribution in [0.25, 0.3) is 0 Å². The lowest BCUT2D eigenvalue weighted by atomic mass is 9.98. The molecule has 2 N–H and O–H groups in total. The van der Waals surface area contributed by atoms with Crippen molar-refractivity contribution in [2.75, 3.05) is 25.1 Å². The number of halogens is 2. The van der Waals surface area contributed by atoms with Crippen molar-refractivity contribution in [2.45, 2.75) is 25.0 Å². The fourth-order valence-corrected chi connectivity index (χ4v) is 2.99. The molecule has 1 aromatic rings. The molecule has 2 unspecified atom stereocenters. The minimum Gasteiger partial charge on any atom is -0.381 e. The van der Waals surface area contributed by atoms with Crippen molar-refractivity contribution in [1.82, 2.24) is 0 Å². The highest BCUT2D eigenvalue weighted by molar-refractivity contribution is 6.42. The van der Waals surface area contributed by atoms with Crippen molar-refractivity contribution in [3.63, 3.8) is 0 Å². The summed E-state index contributed by atoms with van der Waals surface area (Å²) in [4.78, 5) is 12.7. The van der Waals surface area contributed by atoms with Gasteiger partial charge < -0.3 is 15.4 Å². The second-order valence-electron chi connectivity index (χ2n) is 4.98. The number of benzene rings is 1. The SMILES string of the molecule is COC1CCN(c2cc(Cl)c(Cl)cc2[N+](=O)[O-])C(CN)C1. The molecular formula is C13H17Cl2N3O3. The molecule has 1 heterocycles. The number of nitrogens with zero attached hydrogens (tertiary/aromatic N) is 2. The highest BCUT2D eigenvalue weighted by atomic mass is 35.5. The van der Waals surface area contributed by atoms with Crippen LogP contribution in [0.5, 0.6) is 0 Å². The van der Waals surface area contributed by atoms with Gasteiger partial charge in [-0.05, 0) is 18.9 Å². The molecule has 21 heavy (non-hydrogen) atoms. The summed E-state index contributed by atoms with van der Waals surface area (Å²) in [5.41, 5.74) is 6.22. The molecule has 0 saturated carbocycles. The van der Waals surface area contributed by atoms with Crippen molar-refractivity contribution >= 4 is 34.6 Å². The lowest BCUT2D eigenvalue weighted by molar-refractivity contribution is -0.384. The smallest absolute Gasteiger partial charge is 0.294 e. The van der Waals surface area contributed by atoms with E-state index < -0.39 is 4.92 Å². The van der Waals surface area contributed by atoms with Gasteiger partial charge in [-0.3, -0.25) is 10.1 Å². The molecule has 1 fully saturated rings. The van der Waals surface area contributed by atoms with Crippen LogP contribution in [-0.4, -0.2) is 37.3 Å². The number of ether oxygens (including phenoxy) is 1. The van der Waals surface area contributed by atoms with Gasteiger partial charge in [0.25, 0.3) is 5.69 Å². The Morgan fingerprint density at radius 1 is 1.48 bits per heavy atom. The normalized spacial score (nSPS) is 22.4. The van der Waals surface area contributed by atoms with Gasteiger partial charge in [0, 0.05) is 32.3 Å². The summed E-state index contributed by atoms with van der Waals surface area (Å²) in [6.45, 7) is 1.01. The second-order valence-corrected chi connectivity index (χ2v) is 5.79. The zero-order valence-electron chi connectivity index (χ0n) is 11.6. The zero-order valence-corrected chi connectivity index (χ0v) is 13.1. The highest BCUT2D eigenvalue weighted by Gasteiger charge is 2.32.